The SMILES string of the molecule is CCOc1oc(-c2ccccc2)nc1C(=O)SN1CCOCC1. The molecule has 0 bridgehead atoms. The quantitative estimate of drug-likeness (QED) is 0.779. The number of rotatable bonds is 5. The van der Waals surface area contributed by atoms with Crippen LogP contribution in [0.4, 0.5) is 0 Å². The number of aromatic nitrogens is 1. The van der Waals surface area contributed by atoms with Crippen molar-refractivity contribution in [1.29, 1.82) is 0 Å². The summed E-state index contributed by atoms with van der Waals surface area (Å²) in [5.41, 5.74) is 1.03. The number of carbonyl (C=O) groups excluding carboxylic acids is 1. The van der Waals surface area contributed by atoms with Crippen molar-refractivity contribution in [3.63, 3.8) is 0 Å². The summed E-state index contributed by atoms with van der Waals surface area (Å²) in [6.45, 7) is 4.94. The second-order valence-corrected chi connectivity index (χ2v) is 5.94. The Labute approximate surface area is 138 Å². The highest BCUT2D eigenvalue weighted by Crippen LogP contribution is 2.31. The number of hydrogen-bond donors (Lipinski definition) is 0. The molecule has 0 aliphatic carbocycles. The van der Waals surface area contributed by atoms with Gasteiger partial charge in [0.2, 0.25) is 11.6 Å². The fourth-order valence-corrected chi connectivity index (χ4v) is 2.95. The zero-order chi connectivity index (χ0) is 16.1. The smallest absolute Gasteiger partial charge is 0.318 e. The molecule has 0 unspecified atom stereocenters. The lowest BCUT2D eigenvalue weighted by atomic mass is 10.2. The van der Waals surface area contributed by atoms with Gasteiger partial charge >= 0.3 is 5.95 Å². The largest absolute Gasteiger partial charge is 0.464 e. The minimum Gasteiger partial charge on any atom is -0.464 e. The highest BCUT2D eigenvalue weighted by molar-refractivity contribution is 8.12. The van der Waals surface area contributed by atoms with Crippen LogP contribution < -0.4 is 4.74 Å². The molecule has 2 heterocycles. The maximum absolute atomic E-state index is 12.5. The summed E-state index contributed by atoms with van der Waals surface area (Å²) in [5.74, 6) is 0.567. The van der Waals surface area contributed by atoms with Gasteiger partial charge in [0.15, 0.2) is 0 Å². The predicted octanol–water partition coefficient (Wildman–Crippen LogP) is 2.86. The van der Waals surface area contributed by atoms with Gasteiger partial charge in [-0.15, -0.1) is 0 Å². The molecule has 3 rings (SSSR count). The maximum Gasteiger partial charge on any atom is 0.318 e. The molecular weight excluding hydrogens is 316 g/mol. The molecule has 1 aliphatic heterocycles. The Morgan fingerprint density at radius 2 is 2.04 bits per heavy atom. The Bertz CT molecular complexity index is 653. The summed E-state index contributed by atoms with van der Waals surface area (Å²) in [6.07, 6.45) is 0. The van der Waals surface area contributed by atoms with Gasteiger partial charge in [0.1, 0.15) is 0 Å². The van der Waals surface area contributed by atoms with Gasteiger partial charge < -0.3 is 13.9 Å². The molecule has 0 spiro atoms. The highest BCUT2D eigenvalue weighted by atomic mass is 32.2. The molecular formula is C16H18N2O4S. The van der Waals surface area contributed by atoms with Crippen molar-refractivity contribution in [2.24, 2.45) is 0 Å². The molecule has 23 heavy (non-hydrogen) atoms. The Balaban J connectivity index is 1.81. The van der Waals surface area contributed by atoms with Crippen LogP contribution in [0.25, 0.3) is 11.5 Å². The van der Waals surface area contributed by atoms with E-state index >= 15 is 0 Å². The van der Waals surface area contributed by atoms with Crippen molar-refractivity contribution in [2.45, 2.75) is 6.92 Å². The van der Waals surface area contributed by atoms with E-state index in [-0.39, 0.29) is 16.8 Å². The van der Waals surface area contributed by atoms with Gasteiger partial charge in [-0.1, -0.05) is 18.2 Å². The maximum atomic E-state index is 12.5. The van der Waals surface area contributed by atoms with Crippen LogP contribution in [-0.4, -0.2) is 47.3 Å². The van der Waals surface area contributed by atoms with E-state index in [0.717, 1.165) is 17.5 Å². The van der Waals surface area contributed by atoms with Crippen molar-refractivity contribution in [3.8, 4) is 17.4 Å². The first-order chi connectivity index (χ1) is 11.3. The molecule has 0 saturated carbocycles. The van der Waals surface area contributed by atoms with Crippen LogP contribution in [0.3, 0.4) is 0 Å². The number of nitrogens with zero attached hydrogens (tertiary/aromatic N) is 2. The third kappa shape index (κ3) is 3.93. The van der Waals surface area contributed by atoms with E-state index < -0.39 is 0 Å². The summed E-state index contributed by atoms with van der Waals surface area (Å²) in [6, 6.07) is 9.46. The zero-order valence-corrected chi connectivity index (χ0v) is 13.7. The topological polar surface area (TPSA) is 64.8 Å². The van der Waals surface area contributed by atoms with Gasteiger partial charge in [0.25, 0.3) is 5.12 Å². The second kappa shape index (κ2) is 7.63. The Hall–Kier alpha value is -1.83. The van der Waals surface area contributed by atoms with E-state index in [2.05, 4.69) is 4.98 Å². The zero-order valence-electron chi connectivity index (χ0n) is 12.9. The van der Waals surface area contributed by atoms with Gasteiger partial charge in [-0.25, -0.2) is 9.29 Å². The molecule has 1 aromatic carbocycles. The lowest BCUT2D eigenvalue weighted by molar-refractivity contribution is 0.0765. The highest BCUT2D eigenvalue weighted by Gasteiger charge is 2.25. The van der Waals surface area contributed by atoms with Crippen LogP contribution in [0.15, 0.2) is 34.7 Å². The van der Waals surface area contributed by atoms with Crippen LogP contribution >= 0.6 is 11.9 Å². The Morgan fingerprint density at radius 3 is 2.74 bits per heavy atom. The first-order valence-electron chi connectivity index (χ1n) is 7.52. The number of hydrogen-bond acceptors (Lipinski definition) is 7. The van der Waals surface area contributed by atoms with Crippen molar-refractivity contribution in [1.82, 2.24) is 9.29 Å². The van der Waals surface area contributed by atoms with Gasteiger partial charge in [-0.3, -0.25) is 4.79 Å². The van der Waals surface area contributed by atoms with Crippen LogP contribution in [0.1, 0.15) is 17.4 Å². The Morgan fingerprint density at radius 1 is 1.30 bits per heavy atom. The molecule has 1 aliphatic rings. The number of ether oxygens (including phenoxy) is 2. The number of benzene rings is 1. The van der Waals surface area contributed by atoms with Crippen molar-refractivity contribution in [2.75, 3.05) is 32.9 Å². The first-order valence-corrected chi connectivity index (χ1v) is 8.29. The van der Waals surface area contributed by atoms with Gasteiger partial charge in [-0.05, 0) is 19.1 Å². The van der Waals surface area contributed by atoms with Gasteiger partial charge in [0.05, 0.1) is 19.8 Å². The van der Waals surface area contributed by atoms with Crippen LogP contribution in [0.2, 0.25) is 0 Å². The first kappa shape index (κ1) is 16.0. The van der Waals surface area contributed by atoms with E-state index in [4.69, 9.17) is 13.9 Å². The average Bonchev–Trinajstić information content (AvgIpc) is 3.01. The molecule has 6 nitrogen and oxygen atoms in total. The number of morpholine rings is 1. The van der Waals surface area contributed by atoms with Crippen molar-refractivity contribution >= 4 is 17.1 Å². The third-order valence-electron chi connectivity index (χ3n) is 3.27. The molecule has 122 valence electrons. The summed E-state index contributed by atoms with van der Waals surface area (Å²) < 4.78 is 18.3. The standard InChI is InChI=1S/C16H18N2O4S/c1-2-21-16-13(15(19)23-18-8-10-20-11-9-18)17-14(22-16)12-6-4-3-5-7-12/h3-7H,2,8-11H2,1H3. The molecule has 1 aromatic heterocycles. The van der Waals surface area contributed by atoms with E-state index in [0.29, 0.717) is 38.8 Å². The van der Waals surface area contributed by atoms with Gasteiger partial charge in [0, 0.05) is 30.6 Å². The number of carbonyl (C=O) groups is 1. The molecule has 2 aromatic rings. The summed E-state index contributed by atoms with van der Waals surface area (Å²) >= 11 is 1.13. The van der Waals surface area contributed by atoms with E-state index in [9.17, 15) is 4.79 Å². The lowest BCUT2D eigenvalue weighted by Gasteiger charge is -2.23. The molecule has 0 atom stereocenters. The normalized spacial score (nSPS) is 15.5. The fourth-order valence-electron chi connectivity index (χ4n) is 2.17. The molecule has 0 amide bonds. The van der Waals surface area contributed by atoms with E-state index in [1.165, 1.54) is 0 Å². The van der Waals surface area contributed by atoms with Gasteiger partial charge in [-0.2, -0.15) is 0 Å². The monoisotopic (exact) mass is 334 g/mol. The molecule has 7 heteroatoms. The summed E-state index contributed by atoms with van der Waals surface area (Å²) in [4.78, 5) is 16.9. The van der Waals surface area contributed by atoms with E-state index in [1.54, 1.807) is 0 Å². The molecule has 0 radical (unpaired) electrons. The molecule has 1 saturated heterocycles. The third-order valence-corrected chi connectivity index (χ3v) is 4.25. The fraction of sp³-hybridized carbons (Fsp3) is 0.375. The minimum absolute atomic E-state index is 0.178. The molecule has 1 fully saturated rings. The number of oxazole rings is 1. The Kier molecular flexibility index (Phi) is 5.32. The average molecular weight is 334 g/mol. The second-order valence-electron chi connectivity index (χ2n) is 4.87. The van der Waals surface area contributed by atoms with Crippen LogP contribution in [-0.2, 0) is 4.74 Å². The van der Waals surface area contributed by atoms with Crippen molar-refractivity contribution in [3.05, 3.63) is 36.0 Å². The van der Waals surface area contributed by atoms with Crippen LogP contribution in [0, 0.1) is 0 Å². The summed E-state index contributed by atoms with van der Waals surface area (Å²) in [7, 11) is 0. The van der Waals surface area contributed by atoms with Crippen molar-refractivity contribution < 1.29 is 18.7 Å². The van der Waals surface area contributed by atoms with E-state index in [1.807, 2.05) is 41.6 Å². The predicted molar refractivity (Wildman–Crippen MR) is 87.4 cm³/mol. The summed E-state index contributed by atoms with van der Waals surface area (Å²) in [5, 5.41) is -0.179. The minimum atomic E-state index is -0.179. The lowest BCUT2D eigenvalue weighted by Crippen LogP contribution is -2.32. The molecule has 0 N–H and O–H groups in total. The van der Waals surface area contributed by atoms with Crippen LogP contribution in [0.5, 0.6) is 5.95 Å².